The second-order valence-electron chi connectivity index (χ2n) is 5.19. The van der Waals surface area contributed by atoms with Crippen LogP contribution in [0, 0.1) is 0 Å². The van der Waals surface area contributed by atoms with Gasteiger partial charge in [-0.3, -0.25) is 0 Å². The summed E-state index contributed by atoms with van der Waals surface area (Å²) < 4.78 is 10.9. The molecule has 4 nitrogen and oxygen atoms in total. The molecule has 2 rings (SSSR count). The van der Waals surface area contributed by atoms with Crippen molar-refractivity contribution in [3.05, 3.63) is 24.3 Å². The maximum atomic E-state index is 6.05. The van der Waals surface area contributed by atoms with Crippen molar-refractivity contribution in [1.29, 1.82) is 0 Å². The molecule has 0 aromatic heterocycles. The lowest BCUT2D eigenvalue weighted by Crippen LogP contribution is -2.57. The van der Waals surface area contributed by atoms with Gasteiger partial charge in [0.15, 0.2) is 0 Å². The minimum absolute atomic E-state index is 0.164. The zero-order valence-electron chi connectivity index (χ0n) is 11.8. The van der Waals surface area contributed by atoms with Crippen LogP contribution in [0.4, 0.5) is 5.69 Å². The van der Waals surface area contributed by atoms with E-state index in [4.69, 9.17) is 15.2 Å². The molecule has 0 bridgehead atoms. The molecule has 3 N–H and O–H groups in total. The zero-order chi connectivity index (χ0) is 13.7. The van der Waals surface area contributed by atoms with E-state index >= 15 is 0 Å². The first-order valence-corrected chi connectivity index (χ1v) is 6.89. The second-order valence-corrected chi connectivity index (χ2v) is 5.19. The van der Waals surface area contributed by atoms with Crippen molar-refractivity contribution in [2.75, 3.05) is 26.1 Å². The monoisotopic (exact) mass is 264 g/mol. The number of anilines is 1. The highest BCUT2D eigenvalue weighted by Gasteiger charge is 2.40. The van der Waals surface area contributed by atoms with Crippen molar-refractivity contribution >= 4 is 5.69 Å². The molecule has 0 aliphatic heterocycles. The molecule has 1 saturated carbocycles. The summed E-state index contributed by atoms with van der Waals surface area (Å²) in [5.41, 5.74) is 6.92. The first-order chi connectivity index (χ1) is 9.24. The average Bonchev–Trinajstić information content (AvgIpc) is 2.47. The Morgan fingerprint density at radius 1 is 1.37 bits per heavy atom. The molecule has 106 valence electrons. The Kier molecular flexibility index (Phi) is 4.66. The van der Waals surface area contributed by atoms with Crippen molar-refractivity contribution in [2.24, 2.45) is 5.73 Å². The van der Waals surface area contributed by atoms with Crippen LogP contribution in [-0.4, -0.2) is 32.4 Å². The van der Waals surface area contributed by atoms with Crippen LogP contribution in [0.3, 0.4) is 0 Å². The predicted molar refractivity (Wildman–Crippen MR) is 77.7 cm³/mol. The third-order valence-electron chi connectivity index (χ3n) is 4.07. The summed E-state index contributed by atoms with van der Waals surface area (Å²) in [6, 6.07) is 7.96. The van der Waals surface area contributed by atoms with E-state index in [9.17, 15) is 0 Å². The van der Waals surface area contributed by atoms with Gasteiger partial charge < -0.3 is 20.5 Å². The van der Waals surface area contributed by atoms with E-state index in [-0.39, 0.29) is 11.6 Å². The SMILES string of the molecule is COc1cccc(NC2(CN)CCCCC2OC)c1. The highest BCUT2D eigenvalue weighted by Crippen LogP contribution is 2.33. The Labute approximate surface area is 115 Å². The van der Waals surface area contributed by atoms with Gasteiger partial charge in [-0.2, -0.15) is 0 Å². The van der Waals surface area contributed by atoms with Gasteiger partial charge in [0.25, 0.3) is 0 Å². The molecule has 1 aliphatic carbocycles. The molecule has 19 heavy (non-hydrogen) atoms. The molecule has 0 amide bonds. The van der Waals surface area contributed by atoms with E-state index < -0.39 is 0 Å². The van der Waals surface area contributed by atoms with Crippen molar-refractivity contribution in [1.82, 2.24) is 0 Å². The molecule has 2 atom stereocenters. The van der Waals surface area contributed by atoms with Gasteiger partial charge in [-0.25, -0.2) is 0 Å². The maximum Gasteiger partial charge on any atom is 0.120 e. The Hall–Kier alpha value is -1.26. The molecule has 1 aliphatic rings. The van der Waals surface area contributed by atoms with E-state index in [1.54, 1.807) is 14.2 Å². The van der Waals surface area contributed by atoms with Crippen molar-refractivity contribution in [3.63, 3.8) is 0 Å². The zero-order valence-corrected chi connectivity index (χ0v) is 11.8. The smallest absolute Gasteiger partial charge is 0.120 e. The molecule has 2 unspecified atom stereocenters. The van der Waals surface area contributed by atoms with Gasteiger partial charge >= 0.3 is 0 Å². The lowest BCUT2D eigenvalue weighted by atomic mass is 9.78. The van der Waals surface area contributed by atoms with Crippen LogP contribution in [0.1, 0.15) is 25.7 Å². The van der Waals surface area contributed by atoms with Crippen LogP contribution in [0.25, 0.3) is 0 Å². The van der Waals surface area contributed by atoms with Gasteiger partial charge in [0.05, 0.1) is 18.8 Å². The van der Waals surface area contributed by atoms with Gasteiger partial charge in [0.2, 0.25) is 0 Å². The van der Waals surface area contributed by atoms with Crippen molar-refractivity contribution in [3.8, 4) is 5.75 Å². The van der Waals surface area contributed by atoms with Crippen LogP contribution in [0.15, 0.2) is 24.3 Å². The molecule has 1 aromatic rings. The van der Waals surface area contributed by atoms with E-state index in [0.717, 1.165) is 24.3 Å². The Bertz CT molecular complexity index is 411. The van der Waals surface area contributed by atoms with Crippen LogP contribution >= 0.6 is 0 Å². The van der Waals surface area contributed by atoms with Gasteiger partial charge in [-0.05, 0) is 25.0 Å². The highest BCUT2D eigenvalue weighted by atomic mass is 16.5. The first-order valence-electron chi connectivity index (χ1n) is 6.89. The number of rotatable bonds is 5. The summed E-state index contributed by atoms with van der Waals surface area (Å²) in [6.07, 6.45) is 4.66. The summed E-state index contributed by atoms with van der Waals surface area (Å²) >= 11 is 0. The molecule has 1 fully saturated rings. The lowest BCUT2D eigenvalue weighted by molar-refractivity contribution is 0.0190. The number of methoxy groups -OCH3 is 2. The van der Waals surface area contributed by atoms with E-state index in [2.05, 4.69) is 5.32 Å². The van der Waals surface area contributed by atoms with Gasteiger partial charge in [0, 0.05) is 25.4 Å². The number of nitrogens with two attached hydrogens (primary N) is 1. The van der Waals surface area contributed by atoms with E-state index in [0.29, 0.717) is 6.54 Å². The van der Waals surface area contributed by atoms with Crippen molar-refractivity contribution < 1.29 is 9.47 Å². The number of ether oxygens (including phenoxy) is 2. The molecule has 0 radical (unpaired) electrons. The second kappa shape index (κ2) is 6.26. The predicted octanol–water partition coefficient (Wildman–Crippen LogP) is 2.39. The Morgan fingerprint density at radius 3 is 2.89 bits per heavy atom. The number of nitrogens with one attached hydrogen (secondary N) is 1. The molecule has 1 aromatic carbocycles. The number of hydrogen-bond donors (Lipinski definition) is 2. The fourth-order valence-electron chi connectivity index (χ4n) is 2.97. The maximum absolute atomic E-state index is 6.05. The van der Waals surface area contributed by atoms with Crippen LogP contribution in [0.2, 0.25) is 0 Å². The Morgan fingerprint density at radius 2 is 2.21 bits per heavy atom. The molecule has 0 heterocycles. The molecular formula is C15H24N2O2. The topological polar surface area (TPSA) is 56.5 Å². The Balaban J connectivity index is 2.20. The summed E-state index contributed by atoms with van der Waals surface area (Å²) in [4.78, 5) is 0. The van der Waals surface area contributed by atoms with Gasteiger partial charge in [-0.1, -0.05) is 18.9 Å². The molecule has 0 spiro atoms. The van der Waals surface area contributed by atoms with E-state index in [1.807, 2.05) is 24.3 Å². The normalized spacial score (nSPS) is 27.0. The quantitative estimate of drug-likeness (QED) is 0.857. The third-order valence-corrected chi connectivity index (χ3v) is 4.07. The summed E-state index contributed by atoms with van der Waals surface area (Å²) in [6.45, 7) is 0.572. The highest BCUT2D eigenvalue weighted by molar-refractivity contribution is 5.50. The summed E-state index contributed by atoms with van der Waals surface area (Å²) in [5, 5.41) is 3.59. The summed E-state index contributed by atoms with van der Waals surface area (Å²) in [5.74, 6) is 0.849. The van der Waals surface area contributed by atoms with E-state index in [1.165, 1.54) is 12.8 Å². The average molecular weight is 264 g/mol. The molecule has 0 saturated heterocycles. The van der Waals surface area contributed by atoms with Gasteiger partial charge in [0.1, 0.15) is 5.75 Å². The van der Waals surface area contributed by atoms with Crippen LogP contribution < -0.4 is 15.8 Å². The largest absolute Gasteiger partial charge is 0.497 e. The number of hydrogen-bond acceptors (Lipinski definition) is 4. The number of benzene rings is 1. The minimum atomic E-state index is -0.167. The fourth-order valence-corrected chi connectivity index (χ4v) is 2.97. The van der Waals surface area contributed by atoms with Crippen LogP contribution in [0.5, 0.6) is 5.75 Å². The standard InChI is InChI=1S/C15H24N2O2/c1-18-13-7-5-6-12(10-13)17-15(11-16)9-4-3-8-14(15)19-2/h5-7,10,14,17H,3-4,8-9,11,16H2,1-2H3. The molecule has 4 heteroatoms. The molecular weight excluding hydrogens is 240 g/mol. The third kappa shape index (κ3) is 3.01. The van der Waals surface area contributed by atoms with Crippen LogP contribution in [-0.2, 0) is 4.74 Å². The lowest BCUT2D eigenvalue weighted by Gasteiger charge is -2.44. The summed E-state index contributed by atoms with van der Waals surface area (Å²) in [7, 11) is 3.45. The fraction of sp³-hybridized carbons (Fsp3) is 0.600. The van der Waals surface area contributed by atoms with Gasteiger partial charge in [-0.15, -0.1) is 0 Å². The van der Waals surface area contributed by atoms with Crippen molar-refractivity contribution in [2.45, 2.75) is 37.3 Å². The first kappa shape index (κ1) is 14.2. The minimum Gasteiger partial charge on any atom is -0.497 e.